The van der Waals surface area contributed by atoms with Gasteiger partial charge in [-0.15, -0.1) is 5.10 Å². The molecule has 0 spiro atoms. The quantitative estimate of drug-likeness (QED) is 0.750. The van der Waals surface area contributed by atoms with Crippen molar-refractivity contribution in [1.82, 2.24) is 25.0 Å². The summed E-state index contributed by atoms with van der Waals surface area (Å²) in [5, 5.41) is 10.5. The maximum absolute atomic E-state index is 12.8. The minimum Gasteiger partial charge on any atom is -0.353 e. The van der Waals surface area contributed by atoms with Crippen LogP contribution in [0.15, 0.2) is 30.6 Å². The number of aromatic nitrogens is 5. The van der Waals surface area contributed by atoms with Crippen molar-refractivity contribution >= 4 is 28.6 Å². The Hall–Kier alpha value is -3.24. The van der Waals surface area contributed by atoms with Crippen LogP contribution in [0.25, 0.3) is 11.2 Å². The van der Waals surface area contributed by atoms with E-state index in [4.69, 9.17) is 0 Å². The monoisotopic (exact) mass is 377 g/mol. The molecule has 1 aromatic carbocycles. The summed E-state index contributed by atoms with van der Waals surface area (Å²) in [6.45, 7) is 0.765. The van der Waals surface area contributed by atoms with E-state index in [1.54, 1.807) is 7.05 Å². The topological polar surface area (TPSA) is 88.8 Å². The highest BCUT2D eigenvalue weighted by Gasteiger charge is 2.35. The van der Waals surface area contributed by atoms with Crippen molar-refractivity contribution in [3.8, 4) is 0 Å². The molecule has 3 aromatic rings. The van der Waals surface area contributed by atoms with Crippen molar-refractivity contribution in [1.29, 1.82) is 0 Å². The molecule has 0 atom stereocenters. The minimum absolute atomic E-state index is 0.117. The fourth-order valence-corrected chi connectivity index (χ4v) is 2.91. The maximum Gasteiger partial charge on any atom is 0.416 e. The summed E-state index contributed by atoms with van der Waals surface area (Å²) in [6, 6.07) is 4.57. The Bertz CT molecular complexity index is 1010. The number of nitrogens with one attached hydrogen (secondary N) is 1. The Morgan fingerprint density at radius 1 is 1.26 bits per heavy atom. The number of alkyl halides is 3. The summed E-state index contributed by atoms with van der Waals surface area (Å²) in [4.78, 5) is 22.5. The molecular weight excluding hydrogens is 363 g/mol. The van der Waals surface area contributed by atoms with E-state index in [9.17, 15) is 18.0 Å². The van der Waals surface area contributed by atoms with Gasteiger partial charge in [0.05, 0.1) is 11.5 Å². The van der Waals surface area contributed by atoms with Crippen molar-refractivity contribution < 1.29 is 18.0 Å². The Morgan fingerprint density at radius 2 is 2.04 bits per heavy atom. The molecule has 140 valence electrons. The summed E-state index contributed by atoms with van der Waals surface area (Å²) in [5.41, 5.74) is 0.432. The summed E-state index contributed by atoms with van der Waals surface area (Å²) in [5.74, 6) is -0.118. The van der Waals surface area contributed by atoms with E-state index in [-0.39, 0.29) is 17.5 Å². The lowest BCUT2D eigenvalue weighted by Crippen LogP contribution is -2.52. The Morgan fingerprint density at radius 3 is 2.78 bits per heavy atom. The van der Waals surface area contributed by atoms with Crippen LogP contribution in [0.5, 0.6) is 0 Å². The Kier molecular flexibility index (Phi) is 3.93. The van der Waals surface area contributed by atoms with Gasteiger partial charge < -0.3 is 10.2 Å². The zero-order chi connectivity index (χ0) is 19.2. The Balaban J connectivity index is 1.43. The summed E-state index contributed by atoms with van der Waals surface area (Å²) < 4.78 is 39.8. The number of rotatable bonds is 3. The smallest absolute Gasteiger partial charge is 0.353 e. The number of hydrogen-bond acceptors (Lipinski definition) is 6. The predicted octanol–water partition coefficient (Wildman–Crippen LogP) is 1.85. The second-order valence-corrected chi connectivity index (χ2v) is 6.25. The lowest BCUT2D eigenvalue weighted by Gasteiger charge is -2.38. The van der Waals surface area contributed by atoms with Gasteiger partial charge in [-0.1, -0.05) is 11.3 Å². The van der Waals surface area contributed by atoms with E-state index in [2.05, 4.69) is 25.6 Å². The van der Waals surface area contributed by atoms with Crippen molar-refractivity contribution in [3.63, 3.8) is 0 Å². The van der Waals surface area contributed by atoms with Crippen LogP contribution in [0, 0.1) is 5.92 Å². The molecule has 0 radical (unpaired) electrons. The molecule has 1 amide bonds. The highest BCUT2D eigenvalue weighted by Crippen LogP contribution is 2.31. The van der Waals surface area contributed by atoms with Crippen molar-refractivity contribution in [2.75, 3.05) is 23.3 Å². The molecule has 3 heterocycles. The van der Waals surface area contributed by atoms with E-state index in [1.807, 2.05) is 4.90 Å². The van der Waals surface area contributed by atoms with Gasteiger partial charge in [-0.25, -0.2) is 14.6 Å². The van der Waals surface area contributed by atoms with Gasteiger partial charge in [0.15, 0.2) is 17.0 Å². The standard InChI is InChI=1S/C16H14F3N7O/c1-25-13-12(23-24-25)14(21-8-20-13)26-6-9(7-26)15(27)22-11-4-2-3-10(5-11)16(17,18)19/h2-5,8-9H,6-7H2,1H3,(H,22,27). The second-order valence-electron chi connectivity index (χ2n) is 6.25. The van der Waals surface area contributed by atoms with Gasteiger partial charge in [0.25, 0.3) is 0 Å². The minimum atomic E-state index is -4.46. The number of hydrogen-bond donors (Lipinski definition) is 1. The van der Waals surface area contributed by atoms with E-state index >= 15 is 0 Å². The van der Waals surface area contributed by atoms with Crippen LogP contribution in [0.1, 0.15) is 5.56 Å². The number of carbonyl (C=O) groups excluding carboxylic acids is 1. The summed E-state index contributed by atoms with van der Waals surface area (Å²) in [6.07, 6.45) is -3.06. The predicted molar refractivity (Wildman–Crippen MR) is 89.9 cm³/mol. The third-order valence-electron chi connectivity index (χ3n) is 4.38. The fourth-order valence-electron chi connectivity index (χ4n) is 2.91. The van der Waals surface area contributed by atoms with Crippen molar-refractivity contribution in [2.45, 2.75) is 6.18 Å². The molecule has 2 aromatic heterocycles. The molecule has 1 aliphatic rings. The zero-order valence-electron chi connectivity index (χ0n) is 14.1. The van der Waals surface area contributed by atoms with E-state index in [1.165, 1.54) is 23.1 Å². The lowest BCUT2D eigenvalue weighted by atomic mass is 9.99. The third kappa shape index (κ3) is 3.15. The normalized spacial score (nSPS) is 15.0. The first-order valence-corrected chi connectivity index (χ1v) is 8.06. The lowest BCUT2D eigenvalue weighted by molar-refractivity contribution is -0.137. The van der Waals surface area contributed by atoms with Crippen LogP contribution in [0.3, 0.4) is 0 Å². The number of anilines is 2. The van der Waals surface area contributed by atoms with Crippen LogP contribution in [0.4, 0.5) is 24.7 Å². The molecule has 0 bridgehead atoms. The molecule has 1 aliphatic heterocycles. The van der Waals surface area contributed by atoms with Gasteiger partial charge in [0, 0.05) is 25.8 Å². The SMILES string of the molecule is Cn1nnc2c(N3CC(C(=O)Nc4cccc(C(F)(F)F)c4)C3)ncnc21. The van der Waals surface area contributed by atoms with Gasteiger partial charge in [-0.3, -0.25) is 4.79 Å². The van der Waals surface area contributed by atoms with Crippen LogP contribution < -0.4 is 10.2 Å². The van der Waals surface area contributed by atoms with Gasteiger partial charge in [-0.05, 0) is 18.2 Å². The highest BCUT2D eigenvalue weighted by molar-refractivity contribution is 5.95. The molecule has 0 unspecified atom stereocenters. The van der Waals surface area contributed by atoms with E-state index in [0.29, 0.717) is 30.1 Å². The first-order valence-electron chi connectivity index (χ1n) is 8.06. The van der Waals surface area contributed by atoms with Gasteiger partial charge in [0.1, 0.15) is 6.33 Å². The highest BCUT2D eigenvalue weighted by atomic mass is 19.4. The number of benzene rings is 1. The van der Waals surface area contributed by atoms with Gasteiger partial charge >= 0.3 is 6.18 Å². The summed E-state index contributed by atoms with van der Waals surface area (Å²) >= 11 is 0. The number of fused-ring (bicyclic) bond motifs is 1. The molecule has 1 fully saturated rings. The molecule has 4 rings (SSSR count). The van der Waals surface area contributed by atoms with Crippen LogP contribution in [0.2, 0.25) is 0 Å². The number of aryl methyl sites for hydroxylation is 1. The average Bonchev–Trinajstić information content (AvgIpc) is 2.95. The van der Waals surface area contributed by atoms with Gasteiger partial charge in [-0.2, -0.15) is 13.2 Å². The second kappa shape index (κ2) is 6.18. The first kappa shape index (κ1) is 17.2. The molecule has 1 saturated heterocycles. The van der Waals surface area contributed by atoms with Crippen molar-refractivity contribution in [3.05, 3.63) is 36.2 Å². The largest absolute Gasteiger partial charge is 0.416 e. The van der Waals surface area contributed by atoms with Crippen LogP contribution in [-0.2, 0) is 18.0 Å². The number of halogens is 3. The molecule has 1 N–H and O–H groups in total. The molecular formula is C16H14F3N7O. The number of carbonyl (C=O) groups is 1. The number of nitrogens with zero attached hydrogens (tertiary/aromatic N) is 6. The van der Waals surface area contributed by atoms with E-state index < -0.39 is 11.7 Å². The molecule has 0 saturated carbocycles. The number of amides is 1. The fraction of sp³-hybridized carbons (Fsp3) is 0.312. The maximum atomic E-state index is 12.8. The average molecular weight is 377 g/mol. The molecule has 27 heavy (non-hydrogen) atoms. The third-order valence-corrected chi connectivity index (χ3v) is 4.38. The zero-order valence-corrected chi connectivity index (χ0v) is 14.1. The molecule has 11 heteroatoms. The van der Waals surface area contributed by atoms with Crippen LogP contribution in [-0.4, -0.2) is 44.0 Å². The first-order chi connectivity index (χ1) is 12.8. The van der Waals surface area contributed by atoms with Crippen molar-refractivity contribution in [2.24, 2.45) is 13.0 Å². The van der Waals surface area contributed by atoms with Crippen LogP contribution >= 0.6 is 0 Å². The Labute approximate surface area is 151 Å². The van der Waals surface area contributed by atoms with Gasteiger partial charge in [0.2, 0.25) is 5.91 Å². The molecule has 0 aliphatic carbocycles. The molecule has 8 nitrogen and oxygen atoms in total. The summed E-state index contributed by atoms with van der Waals surface area (Å²) in [7, 11) is 1.72. The van der Waals surface area contributed by atoms with E-state index in [0.717, 1.165) is 12.1 Å².